The molecule has 0 aromatic carbocycles. The van der Waals surface area contributed by atoms with E-state index in [2.05, 4.69) is 27.0 Å². The first-order valence-electron chi connectivity index (χ1n) is 7.67. The molecule has 0 radical (unpaired) electrons. The van der Waals surface area contributed by atoms with Gasteiger partial charge in [-0.05, 0) is 18.4 Å². The van der Waals surface area contributed by atoms with Crippen molar-refractivity contribution in [3.8, 4) is 0 Å². The molecule has 0 unspecified atom stereocenters. The van der Waals surface area contributed by atoms with Crippen LogP contribution in [0.25, 0.3) is 0 Å². The summed E-state index contributed by atoms with van der Waals surface area (Å²) in [5.41, 5.74) is 0. The van der Waals surface area contributed by atoms with Gasteiger partial charge in [-0.25, -0.2) is 4.79 Å². The number of amides is 2. The monoisotopic (exact) mass is 335 g/mol. The van der Waals surface area contributed by atoms with Gasteiger partial charge < -0.3 is 19.5 Å². The van der Waals surface area contributed by atoms with Gasteiger partial charge in [-0.3, -0.25) is 0 Å². The fraction of sp³-hybridized carbons (Fsp3) is 0.533. The summed E-state index contributed by atoms with van der Waals surface area (Å²) in [5, 5.41) is 13.1. The maximum Gasteiger partial charge on any atom is 0.317 e. The summed E-state index contributed by atoms with van der Waals surface area (Å²) in [4.78, 5) is 15.5. The standard InChI is InChI=1S/C15H21N5O2S/c1-11(8-12-4-3-7-23-12)17-15(21)20-5-6-22-13(9-20)14-18-16-10-19(14)2/h3-4,7,10-11,13H,5-6,8-9H2,1-2H3,(H,17,21)/t11-,13+/m1/s1. The van der Waals surface area contributed by atoms with Gasteiger partial charge in [0.2, 0.25) is 0 Å². The number of hydrogen-bond donors (Lipinski definition) is 1. The average Bonchev–Trinajstić information content (AvgIpc) is 3.19. The summed E-state index contributed by atoms with van der Waals surface area (Å²) in [6.45, 7) is 3.61. The number of nitrogens with zero attached hydrogens (tertiary/aromatic N) is 4. The number of nitrogens with one attached hydrogen (secondary N) is 1. The molecule has 0 spiro atoms. The third-order valence-electron chi connectivity index (χ3n) is 3.85. The van der Waals surface area contributed by atoms with Crippen LogP contribution in [0.15, 0.2) is 23.8 Å². The van der Waals surface area contributed by atoms with Crippen molar-refractivity contribution in [1.29, 1.82) is 0 Å². The van der Waals surface area contributed by atoms with Gasteiger partial charge >= 0.3 is 6.03 Å². The van der Waals surface area contributed by atoms with Crippen LogP contribution in [-0.4, -0.2) is 51.4 Å². The van der Waals surface area contributed by atoms with E-state index in [9.17, 15) is 4.79 Å². The summed E-state index contributed by atoms with van der Waals surface area (Å²) >= 11 is 1.71. The zero-order valence-electron chi connectivity index (χ0n) is 13.3. The van der Waals surface area contributed by atoms with E-state index in [0.29, 0.717) is 19.7 Å². The molecule has 2 aromatic rings. The van der Waals surface area contributed by atoms with Crippen LogP contribution in [-0.2, 0) is 18.2 Å². The molecule has 23 heavy (non-hydrogen) atoms. The van der Waals surface area contributed by atoms with E-state index < -0.39 is 0 Å². The summed E-state index contributed by atoms with van der Waals surface area (Å²) < 4.78 is 7.56. The van der Waals surface area contributed by atoms with E-state index >= 15 is 0 Å². The molecule has 7 nitrogen and oxygen atoms in total. The second-order valence-corrected chi connectivity index (χ2v) is 6.77. The number of carbonyl (C=O) groups is 1. The fourth-order valence-electron chi connectivity index (χ4n) is 2.66. The molecular formula is C15H21N5O2S. The summed E-state index contributed by atoms with van der Waals surface area (Å²) in [6.07, 6.45) is 2.26. The van der Waals surface area contributed by atoms with E-state index in [1.165, 1.54) is 4.88 Å². The maximum atomic E-state index is 12.5. The van der Waals surface area contributed by atoms with Crippen LogP contribution in [0.5, 0.6) is 0 Å². The largest absolute Gasteiger partial charge is 0.366 e. The minimum absolute atomic E-state index is 0.0514. The van der Waals surface area contributed by atoms with Gasteiger partial charge in [0.05, 0.1) is 13.2 Å². The molecule has 2 atom stereocenters. The first-order valence-corrected chi connectivity index (χ1v) is 8.54. The summed E-state index contributed by atoms with van der Waals surface area (Å²) in [5.74, 6) is 0.745. The Morgan fingerprint density at radius 1 is 1.61 bits per heavy atom. The lowest BCUT2D eigenvalue weighted by Crippen LogP contribution is -2.50. The van der Waals surface area contributed by atoms with Crippen molar-refractivity contribution in [3.05, 3.63) is 34.5 Å². The van der Waals surface area contributed by atoms with Crippen molar-refractivity contribution in [2.75, 3.05) is 19.7 Å². The number of carbonyl (C=O) groups excluding carboxylic acids is 1. The van der Waals surface area contributed by atoms with Crippen molar-refractivity contribution in [2.45, 2.75) is 25.5 Å². The average molecular weight is 335 g/mol. The van der Waals surface area contributed by atoms with Gasteiger partial charge in [0.1, 0.15) is 12.4 Å². The van der Waals surface area contributed by atoms with Crippen molar-refractivity contribution in [1.82, 2.24) is 25.0 Å². The van der Waals surface area contributed by atoms with Crippen LogP contribution in [0.4, 0.5) is 4.79 Å². The molecule has 2 aromatic heterocycles. The molecule has 3 heterocycles. The van der Waals surface area contributed by atoms with Crippen LogP contribution >= 0.6 is 11.3 Å². The second-order valence-electron chi connectivity index (χ2n) is 5.74. The van der Waals surface area contributed by atoms with Gasteiger partial charge in [-0.15, -0.1) is 21.5 Å². The van der Waals surface area contributed by atoms with Gasteiger partial charge in [0, 0.05) is 30.9 Å². The van der Waals surface area contributed by atoms with Crippen LogP contribution in [0, 0.1) is 0 Å². The second kappa shape index (κ2) is 7.10. The van der Waals surface area contributed by atoms with Crippen LogP contribution in [0.1, 0.15) is 23.7 Å². The lowest BCUT2D eigenvalue weighted by atomic mass is 10.2. The first-order chi connectivity index (χ1) is 11.1. The van der Waals surface area contributed by atoms with E-state index in [0.717, 1.165) is 12.2 Å². The predicted octanol–water partition coefficient (Wildman–Crippen LogP) is 1.59. The maximum absolute atomic E-state index is 12.5. The number of thiophene rings is 1. The molecule has 0 saturated carbocycles. The van der Waals surface area contributed by atoms with E-state index in [4.69, 9.17) is 4.74 Å². The lowest BCUT2D eigenvalue weighted by Gasteiger charge is -2.33. The molecule has 1 N–H and O–H groups in total. The van der Waals surface area contributed by atoms with Crippen molar-refractivity contribution >= 4 is 17.4 Å². The topological polar surface area (TPSA) is 72.3 Å². The normalized spacial score (nSPS) is 19.6. The fourth-order valence-corrected chi connectivity index (χ4v) is 3.49. The smallest absolute Gasteiger partial charge is 0.317 e. The minimum Gasteiger partial charge on any atom is -0.366 e. The number of aromatic nitrogens is 3. The van der Waals surface area contributed by atoms with Crippen molar-refractivity contribution in [2.24, 2.45) is 7.05 Å². The van der Waals surface area contributed by atoms with Gasteiger partial charge in [-0.1, -0.05) is 6.07 Å². The Kier molecular flexibility index (Phi) is 4.92. The number of ether oxygens (including phenoxy) is 1. The highest BCUT2D eigenvalue weighted by atomic mass is 32.1. The van der Waals surface area contributed by atoms with Crippen molar-refractivity contribution < 1.29 is 9.53 Å². The van der Waals surface area contributed by atoms with Crippen LogP contribution < -0.4 is 5.32 Å². The van der Waals surface area contributed by atoms with E-state index in [1.807, 2.05) is 24.6 Å². The molecule has 1 saturated heterocycles. The Hall–Kier alpha value is -1.93. The number of morpholine rings is 1. The molecule has 8 heteroatoms. The Bertz CT molecular complexity index is 642. The third-order valence-corrected chi connectivity index (χ3v) is 4.74. The van der Waals surface area contributed by atoms with Crippen LogP contribution in [0.2, 0.25) is 0 Å². The molecule has 0 aliphatic carbocycles. The van der Waals surface area contributed by atoms with Gasteiger partial charge in [0.15, 0.2) is 5.82 Å². The van der Waals surface area contributed by atoms with E-state index in [1.54, 1.807) is 22.6 Å². The molecule has 1 aliphatic heterocycles. The SMILES string of the molecule is C[C@H](Cc1cccs1)NC(=O)N1CCO[C@H](c2nncn2C)C1. The molecular weight excluding hydrogens is 314 g/mol. The highest BCUT2D eigenvalue weighted by Gasteiger charge is 2.28. The molecule has 2 amide bonds. The Balaban J connectivity index is 1.55. The lowest BCUT2D eigenvalue weighted by molar-refractivity contribution is -0.0217. The minimum atomic E-state index is -0.227. The summed E-state index contributed by atoms with van der Waals surface area (Å²) in [7, 11) is 1.88. The van der Waals surface area contributed by atoms with Gasteiger partial charge in [-0.2, -0.15) is 0 Å². The highest BCUT2D eigenvalue weighted by Crippen LogP contribution is 2.20. The molecule has 1 aliphatic rings. The highest BCUT2D eigenvalue weighted by molar-refractivity contribution is 7.09. The number of aryl methyl sites for hydroxylation is 1. The quantitative estimate of drug-likeness (QED) is 0.921. The molecule has 124 valence electrons. The number of urea groups is 1. The summed E-state index contributed by atoms with van der Waals surface area (Å²) in [6, 6.07) is 4.16. The van der Waals surface area contributed by atoms with E-state index in [-0.39, 0.29) is 18.2 Å². The van der Waals surface area contributed by atoms with Crippen molar-refractivity contribution in [3.63, 3.8) is 0 Å². The number of rotatable bonds is 4. The Morgan fingerprint density at radius 3 is 3.17 bits per heavy atom. The van der Waals surface area contributed by atoms with Crippen LogP contribution in [0.3, 0.4) is 0 Å². The predicted molar refractivity (Wildman–Crippen MR) is 87.3 cm³/mol. The molecule has 1 fully saturated rings. The third kappa shape index (κ3) is 3.89. The zero-order valence-corrected chi connectivity index (χ0v) is 14.1. The number of hydrogen-bond acceptors (Lipinski definition) is 5. The molecule has 0 bridgehead atoms. The zero-order chi connectivity index (χ0) is 16.2. The molecule has 3 rings (SSSR count). The first kappa shape index (κ1) is 15.9. The van der Waals surface area contributed by atoms with Gasteiger partial charge in [0.25, 0.3) is 0 Å². The Morgan fingerprint density at radius 2 is 2.48 bits per heavy atom. The Labute approximate surface area is 139 Å².